The standard InChI is InChI=1S/C45H52N4O2.2HI/c1-3-5-19-49-21-17-45-37-11-7-9-13-39(37)47-26-34-32-24-40-44(16-20-48(40,18-4-2)28-30(32)14-22-50)36-10-6-8-12-38(36)46(42(34)44)27-35(43(45)47)33(25-41(45)49)31(29-49)15-23-51;;/h3-4,6-15,26-27,32-33,40-43,50-51H,1-2,5,16-25,28-29H2;2*1H/q+2;;/p-2/b30-14+,31-15+,34-26-,35-27-;;/t32-,33-,40-,41-,42-,43-,44+,45+,48?,49?;;/m0../s1. The van der Waals surface area contributed by atoms with Gasteiger partial charge in [0, 0.05) is 67.7 Å². The summed E-state index contributed by atoms with van der Waals surface area (Å²) >= 11 is 0. The highest BCUT2D eigenvalue weighted by atomic mass is 127. The molecule has 2 saturated carbocycles. The number of rotatable bonds is 7. The number of piperidine rings is 2. The van der Waals surface area contributed by atoms with Crippen LogP contribution in [0.2, 0.25) is 0 Å². The molecule has 2 N–H and O–H groups in total. The third-order valence-corrected chi connectivity index (χ3v) is 16.2. The van der Waals surface area contributed by atoms with Gasteiger partial charge in [0.15, 0.2) is 0 Å². The summed E-state index contributed by atoms with van der Waals surface area (Å²) in [5, 5.41) is 21.0. The Balaban J connectivity index is 0.00000186. The van der Waals surface area contributed by atoms with E-state index in [4.69, 9.17) is 0 Å². The minimum Gasteiger partial charge on any atom is -1.00 e. The van der Waals surface area contributed by atoms with Crippen LogP contribution in [-0.4, -0.2) is 95.8 Å². The number of halogens is 2. The SMILES string of the molecule is C=CCC[N+]12CC[C@@]34c5ccccc5N5/C=C6/[C@H]7C[C@H]8[C@@]9(CC[N+]8(CC=C)C/C7=C\CO)c7ccccc7N(/C=C(/[C@@H](C[C@@H]31)/C(=C/CO)C2)[C@H]54)[C@@H]69.[I-].[I-]. The predicted molar refractivity (Wildman–Crippen MR) is 203 cm³/mol. The highest BCUT2D eigenvalue weighted by molar-refractivity contribution is 5.77. The molecule has 2 spiro atoms. The Bertz CT molecular complexity index is 2020. The fourth-order valence-electron chi connectivity index (χ4n) is 14.7. The Morgan fingerprint density at radius 1 is 0.698 bits per heavy atom. The van der Waals surface area contributed by atoms with Gasteiger partial charge < -0.3 is 76.9 Å². The largest absolute Gasteiger partial charge is 1.00 e. The summed E-state index contributed by atoms with van der Waals surface area (Å²) in [5.74, 6) is 0.625. The number of quaternary nitrogens is 2. The molecular weight excluding hydrogens is 882 g/mol. The number of anilines is 2. The molecule has 278 valence electrons. The highest BCUT2D eigenvalue weighted by Gasteiger charge is 2.75. The zero-order valence-corrected chi connectivity index (χ0v) is 34.9. The van der Waals surface area contributed by atoms with Crippen LogP contribution in [0.15, 0.2) is 121 Å². The monoisotopic (exact) mass is 934 g/mol. The lowest BCUT2D eigenvalue weighted by Gasteiger charge is -2.59. The second-order valence-corrected chi connectivity index (χ2v) is 17.5. The predicted octanol–water partition coefficient (Wildman–Crippen LogP) is -0.126. The average molecular weight is 935 g/mol. The van der Waals surface area contributed by atoms with E-state index >= 15 is 0 Å². The van der Waals surface area contributed by atoms with Crippen molar-refractivity contribution < 1.29 is 67.1 Å². The van der Waals surface area contributed by atoms with Crippen LogP contribution in [0, 0.1) is 11.8 Å². The molecule has 11 rings (SSSR count). The molecule has 7 heterocycles. The number of aliphatic hydroxyl groups is 2. The summed E-state index contributed by atoms with van der Waals surface area (Å²) in [6, 6.07) is 20.4. The van der Waals surface area contributed by atoms with Gasteiger partial charge in [-0.25, -0.2) is 0 Å². The van der Waals surface area contributed by atoms with Crippen molar-refractivity contribution in [3.63, 3.8) is 0 Å². The van der Waals surface area contributed by atoms with E-state index in [1.165, 1.54) is 35.5 Å². The fraction of sp³-hybridized carbons (Fsp3) is 0.467. The zero-order valence-electron chi connectivity index (χ0n) is 30.6. The Morgan fingerprint density at radius 3 is 1.70 bits per heavy atom. The van der Waals surface area contributed by atoms with Crippen LogP contribution in [0.3, 0.4) is 0 Å². The number of nitrogens with zero attached hydrogens (tertiary/aromatic N) is 4. The molecule has 2 aromatic carbocycles. The van der Waals surface area contributed by atoms with E-state index in [1.54, 1.807) is 22.3 Å². The number of para-hydroxylation sites is 2. The van der Waals surface area contributed by atoms with Gasteiger partial charge in [0.2, 0.25) is 0 Å². The molecule has 0 aromatic heterocycles. The quantitative estimate of drug-likeness (QED) is 0.231. The summed E-state index contributed by atoms with van der Waals surface area (Å²) in [5.41, 5.74) is 11.9. The first-order valence-electron chi connectivity index (χ1n) is 19.7. The van der Waals surface area contributed by atoms with Crippen molar-refractivity contribution in [2.24, 2.45) is 11.8 Å². The molecule has 6 fully saturated rings. The molecular formula is C45H52I2N4O2. The lowest BCUT2D eigenvalue weighted by molar-refractivity contribution is -0.942. The van der Waals surface area contributed by atoms with Crippen LogP contribution in [0.4, 0.5) is 11.4 Å². The smallest absolute Gasteiger partial charge is 0.103 e. The van der Waals surface area contributed by atoms with Crippen LogP contribution in [0.25, 0.3) is 0 Å². The molecule has 4 saturated heterocycles. The van der Waals surface area contributed by atoms with Crippen LogP contribution >= 0.6 is 0 Å². The summed E-state index contributed by atoms with van der Waals surface area (Å²) in [4.78, 5) is 5.56. The maximum absolute atomic E-state index is 10.5. The molecule has 2 aromatic rings. The Kier molecular flexibility index (Phi) is 8.69. The molecule has 0 radical (unpaired) electrons. The first kappa shape index (κ1) is 36.4. The zero-order chi connectivity index (χ0) is 34.3. The van der Waals surface area contributed by atoms with Crippen LogP contribution in [0.5, 0.6) is 0 Å². The van der Waals surface area contributed by atoms with Crippen LogP contribution in [-0.2, 0) is 10.8 Å². The minimum absolute atomic E-state index is 0. The summed E-state index contributed by atoms with van der Waals surface area (Å²) < 4.78 is 2.18. The number of hydrogen-bond acceptors (Lipinski definition) is 4. The van der Waals surface area contributed by atoms with Gasteiger partial charge in [-0.3, -0.25) is 0 Å². The first-order chi connectivity index (χ1) is 25.0. The van der Waals surface area contributed by atoms with Crippen molar-refractivity contribution in [3.8, 4) is 0 Å². The third-order valence-electron chi connectivity index (χ3n) is 16.2. The number of fused-ring (bicyclic) bond motifs is 8. The Morgan fingerprint density at radius 2 is 1.19 bits per heavy atom. The normalized spacial score (nSPS) is 43.1. The molecule has 6 nitrogen and oxygen atoms in total. The van der Waals surface area contributed by atoms with Gasteiger partial charge in [-0.15, -0.1) is 6.58 Å². The van der Waals surface area contributed by atoms with Gasteiger partial charge in [0.25, 0.3) is 0 Å². The second-order valence-electron chi connectivity index (χ2n) is 17.5. The van der Waals surface area contributed by atoms with Gasteiger partial charge in [-0.2, -0.15) is 0 Å². The average Bonchev–Trinajstić information content (AvgIpc) is 3.84. The molecule has 8 heteroatoms. The second kappa shape index (κ2) is 12.6. The first-order valence-corrected chi connectivity index (χ1v) is 19.7. The molecule has 2 unspecified atom stereocenters. The molecule has 2 aliphatic carbocycles. The van der Waals surface area contributed by atoms with Crippen molar-refractivity contribution in [2.75, 3.05) is 62.3 Å². The van der Waals surface area contributed by atoms with Crippen LogP contribution < -0.4 is 57.8 Å². The van der Waals surface area contributed by atoms with Crippen molar-refractivity contribution in [2.45, 2.75) is 67.1 Å². The van der Waals surface area contributed by atoms with Crippen molar-refractivity contribution >= 4 is 11.4 Å². The number of benzene rings is 2. The third kappa shape index (κ3) is 4.29. The number of aliphatic hydroxyl groups excluding tert-OH is 2. The molecule has 7 aliphatic heterocycles. The summed E-state index contributed by atoms with van der Waals surface area (Å²) in [6.07, 6.45) is 19.6. The topological polar surface area (TPSA) is 46.9 Å². The van der Waals surface area contributed by atoms with Gasteiger partial charge in [0.1, 0.15) is 25.2 Å². The maximum atomic E-state index is 10.5. The molecule has 9 aliphatic rings. The summed E-state index contributed by atoms with van der Waals surface area (Å²) in [7, 11) is 0. The molecule has 0 amide bonds. The van der Waals surface area contributed by atoms with E-state index in [0.717, 1.165) is 67.4 Å². The van der Waals surface area contributed by atoms with Gasteiger partial charge in [-0.05, 0) is 51.6 Å². The van der Waals surface area contributed by atoms with E-state index in [-0.39, 0.29) is 84.1 Å². The van der Waals surface area contributed by atoms with E-state index in [9.17, 15) is 10.2 Å². The van der Waals surface area contributed by atoms with E-state index in [0.29, 0.717) is 23.9 Å². The van der Waals surface area contributed by atoms with Crippen molar-refractivity contribution in [3.05, 3.63) is 132 Å². The minimum atomic E-state index is 0. The Hall–Kier alpha value is -2.22. The lowest BCUT2D eigenvalue weighted by Crippen LogP contribution is -3.00. The van der Waals surface area contributed by atoms with Gasteiger partial charge >= 0.3 is 0 Å². The molecule has 53 heavy (non-hydrogen) atoms. The van der Waals surface area contributed by atoms with Crippen molar-refractivity contribution in [1.82, 2.24) is 0 Å². The summed E-state index contributed by atoms with van der Waals surface area (Å²) in [6.45, 7) is 15.1. The lowest BCUT2D eigenvalue weighted by atomic mass is 9.56. The van der Waals surface area contributed by atoms with E-state index < -0.39 is 0 Å². The maximum Gasteiger partial charge on any atom is 0.103 e. The Labute approximate surface area is 349 Å². The fourth-order valence-corrected chi connectivity index (χ4v) is 14.7. The van der Waals surface area contributed by atoms with Gasteiger partial charge in [0.05, 0.1) is 62.3 Å². The number of hydrogen-bond donors (Lipinski definition) is 2. The van der Waals surface area contributed by atoms with E-state index in [1.807, 2.05) is 0 Å². The van der Waals surface area contributed by atoms with Gasteiger partial charge in [-0.1, -0.05) is 61.2 Å². The highest BCUT2D eigenvalue weighted by Crippen LogP contribution is 2.69. The van der Waals surface area contributed by atoms with Crippen molar-refractivity contribution in [1.29, 1.82) is 0 Å². The molecule has 4 bridgehead atoms. The van der Waals surface area contributed by atoms with Crippen LogP contribution in [0.1, 0.15) is 43.2 Å². The molecule has 10 atom stereocenters. The van der Waals surface area contributed by atoms with E-state index in [2.05, 4.69) is 108 Å².